The second-order valence-corrected chi connectivity index (χ2v) is 7.72. The third-order valence-electron chi connectivity index (χ3n) is 4.10. The fraction of sp³-hybridized carbons (Fsp3) is 0.0952. The Kier molecular flexibility index (Phi) is 5.57. The van der Waals surface area contributed by atoms with Crippen LogP contribution in [0.2, 0.25) is 10.2 Å². The largest absolute Gasteiger partial charge is 0.340 e. The molecule has 4 aromatic rings. The van der Waals surface area contributed by atoms with E-state index in [0.717, 1.165) is 33.9 Å². The van der Waals surface area contributed by atoms with E-state index in [1.807, 2.05) is 60.8 Å². The molecule has 1 N–H and O–H groups in total. The number of anilines is 2. The molecule has 28 heavy (non-hydrogen) atoms. The Morgan fingerprint density at radius 2 is 1.82 bits per heavy atom. The lowest BCUT2D eigenvalue weighted by Gasteiger charge is -2.08. The third-order valence-corrected chi connectivity index (χ3v) is 5.50. The van der Waals surface area contributed by atoms with Gasteiger partial charge in [-0.15, -0.1) is 11.3 Å². The first kappa shape index (κ1) is 18.9. The lowest BCUT2D eigenvalue weighted by Crippen LogP contribution is -1.99. The van der Waals surface area contributed by atoms with Crippen molar-refractivity contribution in [3.05, 3.63) is 76.0 Å². The molecule has 0 aliphatic rings. The van der Waals surface area contributed by atoms with Crippen LogP contribution in [-0.2, 0) is 6.42 Å². The van der Waals surface area contributed by atoms with Gasteiger partial charge < -0.3 is 5.32 Å². The first-order valence-corrected chi connectivity index (χ1v) is 10.4. The molecule has 4 nitrogen and oxygen atoms in total. The van der Waals surface area contributed by atoms with Crippen LogP contribution in [0, 0.1) is 0 Å². The van der Waals surface area contributed by atoms with Crippen molar-refractivity contribution in [2.75, 3.05) is 5.32 Å². The van der Waals surface area contributed by atoms with Crippen LogP contribution in [0.4, 0.5) is 11.5 Å². The van der Waals surface area contributed by atoms with Crippen molar-refractivity contribution in [3.63, 3.8) is 0 Å². The van der Waals surface area contributed by atoms with E-state index in [9.17, 15) is 0 Å². The van der Waals surface area contributed by atoms with E-state index in [-0.39, 0.29) is 0 Å². The fourth-order valence-corrected chi connectivity index (χ4v) is 4.11. The van der Waals surface area contributed by atoms with Crippen molar-refractivity contribution in [2.24, 2.45) is 0 Å². The zero-order chi connectivity index (χ0) is 19.5. The standard InChI is InChI=1S/C21H16Cl2N4S/c1-2-19-26-18(23)11-20(27-19)24-14-7-5-6-13(10-14)17-12-28-21(25-17)15-8-3-4-9-16(15)22/h3-12H,2H2,1H3,(H,24,26,27). The summed E-state index contributed by atoms with van der Waals surface area (Å²) in [4.78, 5) is 13.4. The Labute approximate surface area is 177 Å². The number of thiazole rings is 1. The average molecular weight is 427 g/mol. The summed E-state index contributed by atoms with van der Waals surface area (Å²) in [5.41, 5.74) is 3.76. The summed E-state index contributed by atoms with van der Waals surface area (Å²) in [6.45, 7) is 1.99. The highest BCUT2D eigenvalue weighted by Crippen LogP contribution is 2.33. The molecule has 140 valence electrons. The topological polar surface area (TPSA) is 50.7 Å². The number of hydrogen-bond acceptors (Lipinski definition) is 5. The van der Waals surface area contributed by atoms with Crippen LogP contribution in [0.3, 0.4) is 0 Å². The van der Waals surface area contributed by atoms with Crippen molar-refractivity contribution in [1.82, 2.24) is 15.0 Å². The summed E-state index contributed by atoms with van der Waals surface area (Å²) in [5.74, 6) is 1.37. The van der Waals surface area contributed by atoms with E-state index in [2.05, 4.69) is 15.3 Å². The van der Waals surface area contributed by atoms with Gasteiger partial charge in [-0.05, 0) is 18.2 Å². The second kappa shape index (κ2) is 8.27. The molecule has 0 fully saturated rings. The second-order valence-electron chi connectivity index (χ2n) is 6.07. The SMILES string of the molecule is CCc1nc(Cl)cc(Nc2cccc(-c3csc(-c4ccccc4Cl)n3)c2)n1. The molecule has 0 bridgehead atoms. The van der Waals surface area contributed by atoms with Gasteiger partial charge in [0.25, 0.3) is 0 Å². The van der Waals surface area contributed by atoms with Crippen LogP contribution in [-0.4, -0.2) is 15.0 Å². The average Bonchev–Trinajstić information content (AvgIpc) is 3.18. The first-order chi connectivity index (χ1) is 13.6. The highest BCUT2D eigenvalue weighted by atomic mass is 35.5. The summed E-state index contributed by atoms with van der Waals surface area (Å²) >= 11 is 14.0. The number of aromatic nitrogens is 3. The smallest absolute Gasteiger partial charge is 0.135 e. The Bertz CT molecular complexity index is 1130. The monoisotopic (exact) mass is 426 g/mol. The minimum absolute atomic E-state index is 0.425. The number of halogens is 2. The molecule has 0 unspecified atom stereocenters. The summed E-state index contributed by atoms with van der Waals surface area (Å²) in [6, 6.07) is 17.5. The lowest BCUT2D eigenvalue weighted by molar-refractivity contribution is 0.943. The zero-order valence-electron chi connectivity index (χ0n) is 15.0. The predicted octanol–water partition coefficient (Wildman–Crippen LogP) is 6.88. The molecule has 0 aliphatic heterocycles. The molecule has 0 radical (unpaired) electrons. The quantitative estimate of drug-likeness (QED) is 0.353. The van der Waals surface area contributed by atoms with Crippen molar-refractivity contribution in [2.45, 2.75) is 13.3 Å². The number of aryl methyl sites for hydroxylation is 1. The predicted molar refractivity (Wildman–Crippen MR) is 118 cm³/mol. The molecular weight excluding hydrogens is 411 g/mol. The highest BCUT2D eigenvalue weighted by Gasteiger charge is 2.10. The van der Waals surface area contributed by atoms with E-state index in [0.29, 0.717) is 21.8 Å². The molecule has 4 rings (SSSR count). The maximum atomic E-state index is 6.30. The summed E-state index contributed by atoms with van der Waals surface area (Å²) in [6.07, 6.45) is 0.721. The van der Waals surface area contributed by atoms with E-state index < -0.39 is 0 Å². The van der Waals surface area contributed by atoms with E-state index in [1.54, 1.807) is 17.4 Å². The van der Waals surface area contributed by atoms with Gasteiger partial charge in [-0.1, -0.05) is 60.5 Å². The maximum absolute atomic E-state index is 6.30. The third kappa shape index (κ3) is 4.17. The van der Waals surface area contributed by atoms with Crippen molar-refractivity contribution < 1.29 is 0 Å². The van der Waals surface area contributed by atoms with Gasteiger partial charge in [-0.25, -0.2) is 15.0 Å². The molecule has 0 aliphatic carbocycles. The van der Waals surface area contributed by atoms with Crippen molar-refractivity contribution >= 4 is 46.0 Å². The highest BCUT2D eigenvalue weighted by molar-refractivity contribution is 7.13. The van der Waals surface area contributed by atoms with Crippen LogP contribution in [0.15, 0.2) is 60.0 Å². The minimum atomic E-state index is 0.425. The van der Waals surface area contributed by atoms with Gasteiger partial charge in [0.15, 0.2) is 0 Å². The molecule has 0 spiro atoms. The minimum Gasteiger partial charge on any atom is -0.340 e. The number of hydrogen-bond donors (Lipinski definition) is 1. The van der Waals surface area contributed by atoms with Gasteiger partial charge in [0.05, 0.1) is 10.7 Å². The summed E-state index contributed by atoms with van der Waals surface area (Å²) in [5, 5.41) is 7.36. The van der Waals surface area contributed by atoms with Crippen molar-refractivity contribution in [3.8, 4) is 21.8 Å². The number of rotatable bonds is 5. The van der Waals surface area contributed by atoms with Gasteiger partial charge in [-0.3, -0.25) is 0 Å². The number of nitrogens with zero attached hydrogens (tertiary/aromatic N) is 3. The zero-order valence-corrected chi connectivity index (χ0v) is 17.3. The molecule has 0 amide bonds. The Morgan fingerprint density at radius 1 is 0.964 bits per heavy atom. The molecule has 7 heteroatoms. The van der Waals surface area contributed by atoms with E-state index in [4.69, 9.17) is 28.2 Å². The van der Waals surface area contributed by atoms with Gasteiger partial charge in [-0.2, -0.15) is 0 Å². The van der Waals surface area contributed by atoms with Crippen LogP contribution < -0.4 is 5.32 Å². The molecule has 2 aromatic carbocycles. The molecule has 0 saturated carbocycles. The number of nitrogens with one attached hydrogen (secondary N) is 1. The lowest BCUT2D eigenvalue weighted by atomic mass is 10.1. The van der Waals surface area contributed by atoms with Gasteiger partial charge in [0.2, 0.25) is 0 Å². The summed E-state index contributed by atoms with van der Waals surface area (Å²) < 4.78 is 0. The van der Waals surface area contributed by atoms with E-state index in [1.165, 1.54) is 0 Å². The first-order valence-electron chi connectivity index (χ1n) is 8.73. The Hall–Kier alpha value is -2.47. The fourth-order valence-electron chi connectivity index (χ4n) is 2.76. The molecular formula is C21H16Cl2N4S. The summed E-state index contributed by atoms with van der Waals surface area (Å²) in [7, 11) is 0. The van der Waals surface area contributed by atoms with Gasteiger partial charge in [0.1, 0.15) is 21.8 Å². The number of benzene rings is 2. The Morgan fingerprint density at radius 3 is 2.64 bits per heavy atom. The van der Waals surface area contributed by atoms with Crippen LogP contribution in [0.5, 0.6) is 0 Å². The van der Waals surface area contributed by atoms with Crippen molar-refractivity contribution in [1.29, 1.82) is 0 Å². The van der Waals surface area contributed by atoms with Gasteiger partial charge in [0, 0.05) is 34.7 Å². The van der Waals surface area contributed by atoms with Crippen LogP contribution >= 0.6 is 34.5 Å². The maximum Gasteiger partial charge on any atom is 0.135 e. The molecule has 0 atom stereocenters. The van der Waals surface area contributed by atoms with Gasteiger partial charge >= 0.3 is 0 Å². The van der Waals surface area contributed by atoms with Crippen LogP contribution in [0.1, 0.15) is 12.7 Å². The normalized spacial score (nSPS) is 10.8. The molecule has 2 heterocycles. The van der Waals surface area contributed by atoms with Crippen LogP contribution in [0.25, 0.3) is 21.8 Å². The Balaban J connectivity index is 1.61. The van der Waals surface area contributed by atoms with E-state index >= 15 is 0 Å². The molecule has 2 aromatic heterocycles. The molecule has 0 saturated heterocycles.